The highest BCUT2D eigenvalue weighted by Gasteiger charge is 2.48. The monoisotopic (exact) mass is 209 g/mol. The molecule has 1 unspecified atom stereocenters. The third kappa shape index (κ3) is 1.90. The van der Waals surface area contributed by atoms with Crippen LogP contribution in [0.3, 0.4) is 0 Å². The van der Waals surface area contributed by atoms with Crippen molar-refractivity contribution >= 4 is 5.78 Å². The highest BCUT2D eigenvalue weighted by molar-refractivity contribution is 5.83. The molecule has 0 amide bonds. The molecule has 2 rings (SSSR count). The zero-order chi connectivity index (χ0) is 10.7. The highest BCUT2D eigenvalue weighted by atomic mass is 16.7. The molecule has 1 spiro atoms. The van der Waals surface area contributed by atoms with Crippen LogP contribution in [0.5, 0.6) is 0 Å². The molecule has 1 aliphatic carbocycles. The predicted octanol–water partition coefficient (Wildman–Crippen LogP) is 1.40. The minimum atomic E-state index is -0.688. The van der Waals surface area contributed by atoms with Gasteiger partial charge in [0.1, 0.15) is 0 Å². The van der Waals surface area contributed by atoms with E-state index < -0.39 is 5.79 Å². The second-order valence-corrected chi connectivity index (χ2v) is 4.11. The molecule has 2 fully saturated rings. The number of carbonyl (C=O) groups is 1. The molecule has 4 heteroatoms. The summed E-state index contributed by atoms with van der Waals surface area (Å²) in [5.74, 6) is -0.945. The lowest BCUT2D eigenvalue weighted by Crippen LogP contribution is -2.45. The van der Waals surface area contributed by atoms with Crippen molar-refractivity contribution < 1.29 is 14.3 Å². The average Bonchev–Trinajstić information content (AvgIpc) is 2.68. The lowest BCUT2D eigenvalue weighted by molar-refractivity contribution is -0.210. The van der Waals surface area contributed by atoms with Crippen LogP contribution in [-0.2, 0) is 14.3 Å². The van der Waals surface area contributed by atoms with Crippen molar-refractivity contribution in [2.75, 3.05) is 13.2 Å². The normalized spacial score (nSPS) is 28.9. The number of Topliss-reactive ketones (excluding diaryl/α,β-unsaturated/α-hetero) is 1. The number of nitrogens with zero attached hydrogens (tertiary/aromatic N) is 1. The third-order valence-electron chi connectivity index (χ3n) is 3.22. The first-order chi connectivity index (χ1) is 7.28. The lowest BCUT2D eigenvalue weighted by atomic mass is 9.80. The first-order valence-electron chi connectivity index (χ1n) is 5.46. The summed E-state index contributed by atoms with van der Waals surface area (Å²) in [6, 6.07) is 1.91. The van der Waals surface area contributed by atoms with Crippen LogP contribution in [-0.4, -0.2) is 24.8 Å². The van der Waals surface area contributed by atoms with Crippen LogP contribution in [0, 0.1) is 17.2 Å². The van der Waals surface area contributed by atoms with Gasteiger partial charge in [-0.1, -0.05) is 6.42 Å². The van der Waals surface area contributed by atoms with Gasteiger partial charge in [0.05, 0.1) is 31.6 Å². The third-order valence-corrected chi connectivity index (χ3v) is 3.22. The Morgan fingerprint density at radius 2 is 2.13 bits per heavy atom. The van der Waals surface area contributed by atoms with E-state index in [-0.39, 0.29) is 18.1 Å². The zero-order valence-electron chi connectivity index (χ0n) is 8.70. The standard InChI is InChI=1S/C11H15NO3/c12-6-4-10(13)9-3-1-2-5-11(9)14-7-8-15-11/h9H,1-5,7-8H2. The quantitative estimate of drug-likeness (QED) is 0.689. The Morgan fingerprint density at radius 3 is 2.80 bits per heavy atom. The number of rotatable bonds is 2. The van der Waals surface area contributed by atoms with Gasteiger partial charge in [-0.3, -0.25) is 4.79 Å². The molecule has 0 bridgehead atoms. The molecule has 4 nitrogen and oxygen atoms in total. The van der Waals surface area contributed by atoms with Gasteiger partial charge >= 0.3 is 0 Å². The van der Waals surface area contributed by atoms with E-state index in [1.807, 2.05) is 6.07 Å². The Bertz CT molecular complexity index is 289. The molecule has 0 N–H and O–H groups in total. The number of hydrogen-bond donors (Lipinski definition) is 0. The summed E-state index contributed by atoms with van der Waals surface area (Å²) < 4.78 is 11.2. The smallest absolute Gasteiger partial charge is 0.178 e. The fourth-order valence-corrected chi connectivity index (χ4v) is 2.54. The van der Waals surface area contributed by atoms with E-state index in [1.165, 1.54) is 0 Å². The Kier molecular flexibility index (Phi) is 3.03. The SMILES string of the molecule is N#CCC(=O)C1CCCCC12OCCO2. The molecule has 0 aromatic rings. The van der Waals surface area contributed by atoms with Crippen molar-refractivity contribution in [1.29, 1.82) is 5.26 Å². The van der Waals surface area contributed by atoms with Crippen LogP contribution in [0.1, 0.15) is 32.1 Å². The average molecular weight is 209 g/mol. The first-order valence-corrected chi connectivity index (χ1v) is 5.46. The highest BCUT2D eigenvalue weighted by Crippen LogP contribution is 2.41. The summed E-state index contributed by atoms with van der Waals surface area (Å²) in [7, 11) is 0. The Morgan fingerprint density at radius 1 is 1.40 bits per heavy atom. The van der Waals surface area contributed by atoms with Crippen LogP contribution in [0.25, 0.3) is 0 Å². The number of hydrogen-bond acceptors (Lipinski definition) is 4. The Labute approximate surface area is 89.2 Å². The predicted molar refractivity (Wildman–Crippen MR) is 51.8 cm³/mol. The summed E-state index contributed by atoms with van der Waals surface area (Å²) in [5.41, 5.74) is 0. The van der Waals surface area contributed by atoms with E-state index in [0.717, 1.165) is 25.7 Å². The molecule has 0 aromatic carbocycles. The number of carbonyl (C=O) groups excluding carboxylic acids is 1. The second-order valence-electron chi connectivity index (χ2n) is 4.11. The summed E-state index contributed by atoms with van der Waals surface area (Å²) in [6.45, 7) is 1.13. The molecule has 1 heterocycles. The molecule has 1 atom stereocenters. The molecule has 1 aliphatic heterocycles. The molecule has 0 radical (unpaired) electrons. The maximum Gasteiger partial charge on any atom is 0.178 e. The van der Waals surface area contributed by atoms with E-state index in [9.17, 15) is 4.79 Å². The Balaban J connectivity index is 2.12. The van der Waals surface area contributed by atoms with Crippen molar-refractivity contribution in [1.82, 2.24) is 0 Å². The molecule has 0 aromatic heterocycles. The van der Waals surface area contributed by atoms with Crippen molar-refractivity contribution in [3.8, 4) is 6.07 Å². The lowest BCUT2D eigenvalue weighted by Gasteiger charge is -2.38. The number of nitriles is 1. The molecule has 2 aliphatic rings. The van der Waals surface area contributed by atoms with Gasteiger partial charge in [-0.25, -0.2) is 0 Å². The number of ether oxygens (including phenoxy) is 2. The van der Waals surface area contributed by atoms with E-state index in [2.05, 4.69) is 0 Å². The maximum absolute atomic E-state index is 11.8. The molecule has 1 saturated heterocycles. The molecule has 15 heavy (non-hydrogen) atoms. The maximum atomic E-state index is 11.8. The van der Waals surface area contributed by atoms with Crippen molar-refractivity contribution in [2.24, 2.45) is 5.92 Å². The minimum absolute atomic E-state index is 0.0286. The summed E-state index contributed by atoms with van der Waals surface area (Å²) in [5, 5.41) is 8.55. The van der Waals surface area contributed by atoms with Gasteiger partial charge in [-0.15, -0.1) is 0 Å². The van der Waals surface area contributed by atoms with Gasteiger partial charge in [0.15, 0.2) is 11.6 Å². The van der Waals surface area contributed by atoms with Crippen LogP contribution in [0.4, 0.5) is 0 Å². The molecule has 82 valence electrons. The van der Waals surface area contributed by atoms with E-state index in [1.54, 1.807) is 0 Å². The van der Waals surface area contributed by atoms with Gasteiger partial charge < -0.3 is 9.47 Å². The second kappa shape index (κ2) is 4.30. The van der Waals surface area contributed by atoms with Gasteiger partial charge in [0, 0.05) is 6.42 Å². The molecular formula is C11H15NO3. The number of ketones is 1. The van der Waals surface area contributed by atoms with Crippen LogP contribution in [0.15, 0.2) is 0 Å². The van der Waals surface area contributed by atoms with Crippen LogP contribution >= 0.6 is 0 Å². The Hall–Kier alpha value is -0.920. The van der Waals surface area contributed by atoms with Crippen molar-refractivity contribution in [3.63, 3.8) is 0 Å². The van der Waals surface area contributed by atoms with E-state index >= 15 is 0 Å². The summed E-state index contributed by atoms with van der Waals surface area (Å²) in [4.78, 5) is 11.8. The molecular weight excluding hydrogens is 194 g/mol. The van der Waals surface area contributed by atoms with Gasteiger partial charge in [-0.2, -0.15) is 5.26 Å². The summed E-state index contributed by atoms with van der Waals surface area (Å²) >= 11 is 0. The van der Waals surface area contributed by atoms with Crippen molar-refractivity contribution in [3.05, 3.63) is 0 Å². The van der Waals surface area contributed by atoms with Gasteiger partial charge in [0.25, 0.3) is 0 Å². The summed E-state index contributed by atoms with van der Waals surface area (Å²) in [6.07, 6.45) is 3.61. The van der Waals surface area contributed by atoms with Gasteiger partial charge in [0.2, 0.25) is 0 Å². The van der Waals surface area contributed by atoms with Crippen LogP contribution in [0.2, 0.25) is 0 Å². The van der Waals surface area contributed by atoms with Crippen molar-refractivity contribution in [2.45, 2.75) is 37.9 Å². The zero-order valence-corrected chi connectivity index (χ0v) is 8.70. The topological polar surface area (TPSA) is 59.3 Å². The largest absolute Gasteiger partial charge is 0.347 e. The molecule has 1 saturated carbocycles. The van der Waals surface area contributed by atoms with E-state index in [0.29, 0.717) is 13.2 Å². The van der Waals surface area contributed by atoms with Gasteiger partial charge in [-0.05, 0) is 12.8 Å². The fourth-order valence-electron chi connectivity index (χ4n) is 2.54. The van der Waals surface area contributed by atoms with E-state index in [4.69, 9.17) is 14.7 Å². The minimum Gasteiger partial charge on any atom is -0.347 e. The van der Waals surface area contributed by atoms with Crippen LogP contribution < -0.4 is 0 Å². The first kappa shape index (κ1) is 10.6. The fraction of sp³-hybridized carbons (Fsp3) is 0.818.